The molecule has 14 nitrogen and oxygen atoms in total. The summed E-state index contributed by atoms with van der Waals surface area (Å²) >= 11 is 0. The predicted octanol–water partition coefficient (Wildman–Crippen LogP) is 7.01. The Bertz CT molecular complexity index is 2270. The molecule has 322 valence electrons. The van der Waals surface area contributed by atoms with E-state index in [-0.39, 0.29) is 36.3 Å². The number of amides is 3. The number of nitrogens with zero attached hydrogens (tertiary/aromatic N) is 4. The first-order valence-corrected chi connectivity index (χ1v) is 22.0. The van der Waals surface area contributed by atoms with Crippen LogP contribution in [0.2, 0.25) is 0 Å². The van der Waals surface area contributed by atoms with E-state index < -0.39 is 12.1 Å². The Morgan fingerprint density at radius 1 is 0.705 bits per heavy atom. The second-order valence-electron chi connectivity index (χ2n) is 17.9. The first kappa shape index (κ1) is 42.1. The van der Waals surface area contributed by atoms with E-state index >= 15 is 0 Å². The summed E-state index contributed by atoms with van der Waals surface area (Å²) in [6.07, 6.45) is 10.9. The number of hydrogen-bond donors (Lipinski definition) is 7. The van der Waals surface area contributed by atoms with Crippen molar-refractivity contribution < 1.29 is 19.5 Å². The Kier molecular flexibility index (Phi) is 12.3. The minimum Gasteiger partial charge on any atom is -0.394 e. The molecular weight excluding hydrogens is 769 g/mol. The highest BCUT2D eigenvalue weighted by molar-refractivity contribution is 6.01. The highest BCUT2D eigenvalue weighted by Crippen LogP contribution is 2.51. The summed E-state index contributed by atoms with van der Waals surface area (Å²) < 4.78 is 1.51. The molecule has 5 aromatic rings. The quantitative estimate of drug-likeness (QED) is 0.0549. The zero-order valence-corrected chi connectivity index (χ0v) is 35.9. The molecule has 61 heavy (non-hydrogen) atoms. The molecule has 3 amide bonds. The molecule has 4 aliphatic rings. The van der Waals surface area contributed by atoms with Crippen molar-refractivity contribution in [1.29, 1.82) is 0 Å². The van der Waals surface area contributed by atoms with Crippen LogP contribution in [0.15, 0.2) is 60.8 Å². The van der Waals surface area contributed by atoms with Crippen LogP contribution in [0.4, 0.5) is 11.4 Å². The van der Waals surface area contributed by atoms with Crippen LogP contribution in [0.3, 0.4) is 0 Å². The lowest BCUT2D eigenvalue weighted by Gasteiger charge is -2.28. The van der Waals surface area contributed by atoms with Crippen molar-refractivity contribution in [3.05, 3.63) is 89.3 Å². The zero-order chi connectivity index (χ0) is 42.9. The lowest BCUT2D eigenvalue weighted by atomic mass is 9.88. The number of aryl methyl sites for hydroxylation is 4. The van der Waals surface area contributed by atoms with E-state index in [0.717, 1.165) is 76.4 Å². The van der Waals surface area contributed by atoms with Gasteiger partial charge in [-0.05, 0) is 163 Å². The van der Waals surface area contributed by atoms with Gasteiger partial charge in [0.2, 0.25) is 11.8 Å². The highest BCUT2D eigenvalue weighted by Gasteiger charge is 2.49. The van der Waals surface area contributed by atoms with Gasteiger partial charge in [-0.15, -0.1) is 0 Å². The van der Waals surface area contributed by atoms with Crippen LogP contribution < -0.4 is 21.7 Å². The van der Waals surface area contributed by atoms with Crippen LogP contribution in [-0.2, 0) is 9.59 Å². The van der Waals surface area contributed by atoms with Crippen LogP contribution in [0.5, 0.6) is 0 Å². The minimum atomic E-state index is -0.636. The summed E-state index contributed by atoms with van der Waals surface area (Å²) in [4.78, 5) is 39.5. The van der Waals surface area contributed by atoms with Crippen molar-refractivity contribution in [2.24, 2.45) is 41.2 Å². The lowest BCUT2D eigenvalue weighted by Crippen LogP contribution is -2.50. The number of carbonyl (C=O) groups is 3. The average molecular weight is 829 g/mol. The van der Waals surface area contributed by atoms with Crippen molar-refractivity contribution in [2.45, 2.75) is 104 Å². The normalized spacial score (nSPS) is 17.7. The van der Waals surface area contributed by atoms with Crippen LogP contribution >= 0.6 is 0 Å². The van der Waals surface area contributed by atoms with Crippen LogP contribution in [0, 0.1) is 63.2 Å². The van der Waals surface area contributed by atoms with Gasteiger partial charge < -0.3 is 26.8 Å². The molecule has 0 spiro atoms. The minimum absolute atomic E-state index is 0.0489. The fourth-order valence-electron chi connectivity index (χ4n) is 9.31. The van der Waals surface area contributed by atoms with Crippen LogP contribution in [0.1, 0.15) is 97.6 Å². The maximum Gasteiger partial charge on any atom is 0.270 e. The van der Waals surface area contributed by atoms with Crippen molar-refractivity contribution in [3.8, 4) is 22.3 Å². The van der Waals surface area contributed by atoms with Gasteiger partial charge in [0, 0.05) is 40.1 Å². The standard InChI is InChI=1S/C27H34N6O3.C20H26N4O/c1-15(14-34)33-22(12-13-28-33)26(35)30-25(24(19-4-5-19)20-6-7-20)27(36)29-21-10-8-18(9-11-21)23-16(2)31-32-17(23)3;1-11-17(12(2)24-23-11)13-7-9-16(10-8-13)22-20(25)19(21)18(14-3-4-14)15-5-6-15/h8-13,15,19-20,24-25,34H,4-7,14H2,1-3H3,(H,29,36)(H,30,35)(H,31,32);7-10,14-15,18-19H,3-6,21H2,1-2H3,(H,22,25)(H,23,24)/t15-,25-;19-/m00/s1. The third-order valence-corrected chi connectivity index (χ3v) is 13.1. The van der Waals surface area contributed by atoms with Crippen LogP contribution in [-0.4, -0.2) is 71.7 Å². The first-order valence-electron chi connectivity index (χ1n) is 22.0. The molecule has 3 heterocycles. The van der Waals surface area contributed by atoms with Gasteiger partial charge in [0.25, 0.3) is 5.91 Å². The Balaban J connectivity index is 0.000000180. The van der Waals surface area contributed by atoms with Gasteiger partial charge in [-0.2, -0.15) is 15.3 Å². The second-order valence-corrected chi connectivity index (χ2v) is 17.9. The summed E-state index contributed by atoms with van der Waals surface area (Å²) in [7, 11) is 0. The molecule has 0 radical (unpaired) electrons. The van der Waals surface area contributed by atoms with Crippen LogP contribution in [0.25, 0.3) is 22.3 Å². The number of anilines is 2. The molecule has 0 bridgehead atoms. The molecule has 2 aromatic carbocycles. The number of aromatic amines is 2. The molecule has 3 aromatic heterocycles. The Morgan fingerprint density at radius 2 is 1.15 bits per heavy atom. The fourth-order valence-corrected chi connectivity index (χ4v) is 9.31. The van der Waals surface area contributed by atoms with E-state index in [2.05, 4.69) is 41.4 Å². The van der Waals surface area contributed by atoms with E-state index in [4.69, 9.17) is 5.73 Å². The van der Waals surface area contributed by atoms with Gasteiger partial charge in [0.05, 0.1) is 30.1 Å². The smallest absolute Gasteiger partial charge is 0.270 e. The summed E-state index contributed by atoms with van der Waals surface area (Å²) in [6.45, 7) is 9.61. The number of rotatable bonds is 16. The number of aliphatic hydroxyl groups is 1. The largest absolute Gasteiger partial charge is 0.394 e. The Morgan fingerprint density at radius 3 is 1.56 bits per heavy atom. The van der Waals surface area contributed by atoms with Gasteiger partial charge in [0.1, 0.15) is 11.7 Å². The highest BCUT2D eigenvalue weighted by atomic mass is 16.3. The number of carbonyl (C=O) groups excluding carboxylic acids is 3. The fraction of sp³-hybridized carbons (Fsp3) is 0.489. The van der Waals surface area contributed by atoms with Gasteiger partial charge in [-0.25, -0.2) is 0 Å². The maximum absolute atomic E-state index is 13.6. The van der Waals surface area contributed by atoms with E-state index in [9.17, 15) is 19.5 Å². The molecule has 9 rings (SSSR count). The topological polar surface area (TPSA) is 209 Å². The Labute approximate surface area is 357 Å². The molecular formula is C47H60N10O4. The summed E-state index contributed by atoms with van der Waals surface area (Å²) in [6, 6.07) is 15.9. The molecule has 4 fully saturated rings. The molecule has 14 heteroatoms. The van der Waals surface area contributed by atoms with E-state index in [1.165, 1.54) is 30.4 Å². The average Bonchev–Trinajstić information content (AvgIpc) is 4.04. The summed E-state index contributed by atoms with van der Waals surface area (Å²) in [5.74, 6) is 2.16. The SMILES string of the molecule is Cc1n[nH]c(C)c1-c1ccc(NC(=O)[C@@H](N)C(C2CC2)C2CC2)cc1.Cc1n[nH]c(C)c1-c1ccc(NC(=O)[C@@H](NC(=O)c2ccnn2[C@@H](C)CO)C(C2CC2)C2CC2)cc1. The van der Waals surface area contributed by atoms with Gasteiger partial charge in [-0.3, -0.25) is 29.3 Å². The zero-order valence-electron chi connectivity index (χ0n) is 35.9. The first-order chi connectivity index (χ1) is 29.4. The van der Waals surface area contributed by atoms with E-state index in [1.807, 2.05) is 76.2 Å². The molecule has 3 atom stereocenters. The molecule has 4 aliphatic carbocycles. The number of nitrogens with one attached hydrogen (secondary N) is 5. The van der Waals surface area contributed by atoms with E-state index in [1.54, 1.807) is 19.2 Å². The van der Waals surface area contributed by atoms with Crippen molar-refractivity contribution in [1.82, 2.24) is 35.5 Å². The number of H-pyrrole nitrogens is 2. The number of aliphatic hydroxyl groups excluding tert-OH is 1. The number of hydrogen-bond acceptors (Lipinski definition) is 8. The number of benzene rings is 2. The van der Waals surface area contributed by atoms with E-state index in [0.29, 0.717) is 41.0 Å². The maximum atomic E-state index is 13.6. The van der Waals surface area contributed by atoms with Gasteiger partial charge in [-0.1, -0.05) is 24.3 Å². The number of aromatic nitrogens is 6. The molecule has 4 saturated carbocycles. The molecule has 0 unspecified atom stereocenters. The van der Waals surface area contributed by atoms with Crippen molar-refractivity contribution >= 4 is 29.1 Å². The van der Waals surface area contributed by atoms with Crippen molar-refractivity contribution in [3.63, 3.8) is 0 Å². The lowest BCUT2D eigenvalue weighted by molar-refractivity contribution is -0.120. The van der Waals surface area contributed by atoms with Crippen molar-refractivity contribution in [2.75, 3.05) is 17.2 Å². The Hall–Kier alpha value is -5.60. The monoisotopic (exact) mass is 828 g/mol. The molecule has 0 saturated heterocycles. The predicted molar refractivity (Wildman–Crippen MR) is 235 cm³/mol. The second kappa shape index (κ2) is 17.8. The van der Waals surface area contributed by atoms with Gasteiger partial charge in [0.15, 0.2) is 0 Å². The molecule has 0 aliphatic heterocycles. The summed E-state index contributed by atoms with van der Waals surface area (Å²) in [5.41, 5.74) is 16.4. The molecule has 8 N–H and O–H groups in total. The third kappa shape index (κ3) is 9.65. The summed E-state index contributed by atoms with van der Waals surface area (Å²) in [5, 5.41) is 37.4. The van der Waals surface area contributed by atoms with Gasteiger partial charge >= 0.3 is 0 Å². The third-order valence-electron chi connectivity index (χ3n) is 13.1. The number of nitrogens with two attached hydrogens (primary N) is 1.